The van der Waals surface area contributed by atoms with Crippen molar-refractivity contribution in [1.29, 1.82) is 0 Å². The minimum absolute atomic E-state index is 0.176. The Hall–Kier alpha value is -2.00. The Labute approximate surface area is 179 Å². The van der Waals surface area contributed by atoms with Gasteiger partial charge >= 0.3 is 6.18 Å². The molecule has 31 heavy (non-hydrogen) atoms. The summed E-state index contributed by atoms with van der Waals surface area (Å²) >= 11 is 0. The number of morpholine rings is 1. The summed E-state index contributed by atoms with van der Waals surface area (Å²) in [6, 6.07) is 3.31. The second-order valence-corrected chi connectivity index (χ2v) is 9.43. The van der Waals surface area contributed by atoms with Gasteiger partial charge in [0.1, 0.15) is 0 Å². The van der Waals surface area contributed by atoms with E-state index in [0.29, 0.717) is 41.1 Å². The molecule has 5 atom stereocenters. The zero-order chi connectivity index (χ0) is 21.9. The maximum Gasteiger partial charge on any atom is 0.451 e. The predicted octanol–water partition coefficient (Wildman–Crippen LogP) is 4.15. The van der Waals surface area contributed by atoms with Crippen molar-refractivity contribution in [3.8, 4) is 11.3 Å². The third-order valence-corrected chi connectivity index (χ3v) is 7.10. The van der Waals surface area contributed by atoms with Gasteiger partial charge in [0.15, 0.2) is 0 Å². The van der Waals surface area contributed by atoms with Crippen LogP contribution in [0.5, 0.6) is 0 Å². The van der Waals surface area contributed by atoms with Crippen molar-refractivity contribution >= 4 is 0 Å². The highest BCUT2D eigenvalue weighted by Crippen LogP contribution is 2.64. The van der Waals surface area contributed by atoms with E-state index < -0.39 is 12.0 Å². The van der Waals surface area contributed by atoms with Crippen LogP contribution < -0.4 is 0 Å². The van der Waals surface area contributed by atoms with E-state index in [1.54, 1.807) is 0 Å². The van der Waals surface area contributed by atoms with Crippen LogP contribution in [0.4, 0.5) is 13.2 Å². The molecule has 2 aromatic heterocycles. The predicted molar refractivity (Wildman–Crippen MR) is 108 cm³/mol. The third-order valence-electron chi connectivity index (χ3n) is 7.10. The van der Waals surface area contributed by atoms with Crippen molar-refractivity contribution in [2.24, 2.45) is 11.8 Å². The van der Waals surface area contributed by atoms with Crippen molar-refractivity contribution in [2.45, 2.75) is 63.8 Å². The number of nitrogens with zero attached hydrogens (tertiary/aromatic N) is 5. The SMILES string of the molecule is CC(C)n1nc(-c2cnc(C(F)(F)F)nc2)cc1C1[C@H]2CC(N3CCOC[C@H]3C)C[C@@H]12. The van der Waals surface area contributed by atoms with Crippen molar-refractivity contribution in [1.82, 2.24) is 24.6 Å². The molecule has 0 spiro atoms. The molecule has 9 heteroatoms. The molecule has 0 aromatic carbocycles. The van der Waals surface area contributed by atoms with Gasteiger partial charge in [-0.25, -0.2) is 9.97 Å². The van der Waals surface area contributed by atoms with Crippen LogP contribution in [-0.4, -0.2) is 56.5 Å². The van der Waals surface area contributed by atoms with Crippen molar-refractivity contribution in [2.75, 3.05) is 19.8 Å². The van der Waals surface area contributed by atoms with Gasteiger partial charge in [0.25, 0.3) is 0 Å². The Kier molecular flexibility index (Phi) is 5.08. The molecular formula is C22H28F3N5O. The summed E-state index contributed by atoms with van der Waals surface area (Å²) in [4.78, 5) is 9.60. The number of rotatable bonds is 4. The van der Waals surface area contributed by atoms with Gasteiger partial charge in [0.2, 0.25) is 5.82 Å². The molecule has 3 heterocycles. The van der Waals surface area contributed by atoms with Crippen LogP contribution in [-0.2, 0) is 10.9 Å². The highest BCUT2D eigenvalue weighted by Gasteiger charge is 2.59. The molecule has 168 valence electrons. The fraction of sp³-hybridized carbons (Fsp3) is 0.682. The van der Waals surface area contributed by atoms with E-state index in [2.05, 4.69) is 35.6 Å². The molecule has 2 aliphatic carbocycles. The van der Waals surface area contributed by atoms with Gasteiger partial charge < -0.3 is 4.74 Å². The average molecular weight is 435 g/mol. The molecule has 3 aliphatic rings. The lowest BCUT2D eigenvalue weighted by Gasteiger charge is -2.38. The van der Waals surface area contributed by atoms with E-state index in [0.717, 1.165) is 19.8 Å². The standard InChI is InChI=1S/C22H28F3N5O/c1-12(2)30-19(8-18(28-30)14-9-26-21(27-10-14)22(23,24)25)20-16-6-15(7-17(16)20)29-4-5-31-11-13(29)3/h8-10,12-13,15-17,20H,4-7,11H2,1-3H3/t13-,15?,16-,17+,20?/m1/s1. The molecule has 1 saturated heterocycles. The summed E-state index contributed by atoms with van der Waals surface area (Å²) in [6.45, 7) is 9.05. The van der Waals surface area contributed by atoms with Gasteiger partial charge in [0.05, 0.1) is 18.9 Å². The lowest BCUT2D eigenvalue weighted by Crippen LogP contribution is -2.49. The molecule has 0 amide bonds. The fourth-order valence-electron chi connectivity index (χ4n) is 5.62. The van der Waals surface area contributed by atoms with Crippen LogP contribution in [0.2, 0.25) is 0 Å². The fourth-order valence-corrected chi connectivity index (χ4v) is 5.62. The summed E-state index contributed by atoms with van der Waals surface area (Å²) in [7, 11) is 0. The number of alkyl halides is 3. The molecule has 2 unspecified atom stereocenters. The maximum absolute atomic E-state index is 12.8. The van der Waals surface area contributed by atoms with E-state index in [-0.39, 0.29) is 6.04 Å². The van der Waals surface area contributed by atoms with Crippen LogP contribution in [0.15, 0.2) is 18.5 Å². The Bertz CT molecular complexity index is 930. The van der Waals surface area contributed by atoms with E-state index in [1.165, 1.54) is 30.9 Å². The van der Waals surface area contributed by atoms with Crippen LogP contribution in [0, 0.1) is 11.8 Å². The van der Waals surface area contributed by atoms with Gasteiger partial charge in [-0.05, 0) is 51.5 Å². The molecule has 0 radical (unpaired) electrons. The van der Waals surface area contributed by atoms with Crippen LogP contribution >= 0.6 is 0 Å². The second kappa shape index (κ2) is 7.55. The average Bonchev–Trinajstić information content (AvgIpc) is 3.09. The number of ether oxygens (including phenoxy) is 1. The molecule has 1 aliphatic heterocycles. The maximum atomic E-state index is 12.8. The Morgan fingerprint density at radius 1 is 1.13 bits per heavy atom. The Balaban J connectivity index is 1.34. The molecule has 5 rings (SSSR count). The molecule has 0 bridgehead atoms. The van der Waals surface area contributed by atoms with Gasteiger partial charge in [-0.3, -0.25) is 9.58 Å². The van der Waals surface area contributed by atoms with E-state index in [4.69, 9.17) is 9.84 Å². The van der Waals surface area contributed by atoms with Gasteiger partial charge in [-0.15, -0.1) is 0 Å². The van der Waals surface area contributed by atoms with Crippen molar-refractivity contribution in [3.05, 3.63) is 30.0 Å². The number of halogens is 3. The smallest absolute Gasteiger partial charge is 0.379 e. The first kappa shape index (κ1) is 20.9. The highest BCUT2D eigenvalue weighted by atomic mass is 19.4. The van der Waals surface area contributed by atoms with Gasteiger partial charge in [0, 0.05) is 54.2 Å². The monoisotopic (exact) mass is 435 g/mol. The van der Waals surface area contributed by atoms with Crippen LogP contribution in [0.1, 0.15) is 57.1 Å². The third kappa shape index (κ3) is 3.75. The first-order valence-electron chi connectivity index (χ1n) is 11.1. The molecule has 0 N–H and O–H groups in total. The zero-order valence-corrected chi connectivity index (χ0v) is 18.0. The molecule has 3 fully saturated rings. The summed E-state index contributed by atoms with van der Waals surface area (Å²) in [6.07, 6.45) is 0.288. The van der Waals surface area contributed by atoms with Crippen LogP contribution in [0.25, 0.3) is 11.3 Å². The lowest BCUT2D eigenvalue weighted by molar-refractivity contribution is -0.144. The number of hydrogen-bond acceptors (Lipinski definition) is 5. The van der Waals surface area contributed by atoms with Gasteiger partial charge in [-0.2, -0.15) is 18.3 Å². The zero-order valence-electron chi connectivity index (χ0n) is 18.0. The number of fused-ring (bicyclic) bond motifs is 1. The summed E-state index contributed by atoms with van der Waals surface area (Å²) < 4.78 is 45.9. The Morgan fingerprint density at radius 2 is 1.81 bits per heavy atom. The first-order chi connectivity index (χ1) is 14.7. The topological polar surface area (TPSA) is 56.1 Å². The summed E-state index contributed by atoms with van der Waals surface area (Å²) in [5.74, 6) is 0.670. The van der Waals surface area contributed by atoms with E-state index in [9.17, 15) is 13.2 Å². The molecule has 2 saturated carbocycles. The van der Waals surface area contributed by atoms with Crippen LogP contribution in [0.3, 0.4) is 0 Å². The summed E-state index contributed by atoms with van der Waals surface area (Å²) in [5.41, 5.74) is 2.34. The molecular weight excluding hydrogens is 407 g/mol. The number of hydrogen-bond donors (Lipinski definition) is 0. The number of aromatic nitrogens is 4. The van der Waals surface area contributed by atoms with Gasteiger partial charge in [-0.1, -0.05) is 0 Å². The normalized spacial score (nSPS) is 31.3. The lowest BCUT2D eigenvalue weighted by atomic mass is 10.0. The Morgan fingerprint density at radius 3 is 2.39 bits per heavy atom. The summed E-state index contributed by atoms with van der Waals surface area (Å²) in [5, 5.41) is 4.71. The molecule has 6 nitrogen and oxygen atoms in total. The second-order valence-electron chi connectivity index (χ2n) is 9.43. The quantitative estimate of drug-likeness (QED) is 0.722. The minimum Gasteiger partial charge on any atom is -0.379 e. The van der Waals surface area contributed by atoms with E-state index in [1.807, 2.05) is 10.7 Å². The van der Waals surface area contributed by atoms with Crippen molar-refractivity contribution < 1.29 is 17.9 Å². The van der Waals surface area contributed by atoms with E-state index >= 15 is 0 Å². The minimum atomic E-state index is -4.54. The highest BCUT2D eigenvalue weighted by molar-refractivity contribution is 5.58. The van der Waals surface area contributed by atoms with Crippen molar-refractivity contribution in [3.63, 3.8) is 0 Å². The first-order valence-corrected chi connectivity index (χ1v) is 11.1. The molecule has 2 aromatic rings. The largest absolute Gasteiger partial charge is 0.451 e.